The lowest BCUT2D eigenvalue weighted by atomic mass is 9.94. The number of anilines is 2. The lowest BCUT2D eigenvalue weighted by Crippen LogP contribution is -2.29. The van der Waals surface area contributed by atoms with E-state index in [0.717, 1.165) is 11.3 Å². The Labute approximate surface area is 221 Å². The van der Waals surface area contributed by atoms with Crippen molar-refractivity contribution in [3.8, 4) is 17.2 Å². The average molecular weight is 515 g/mol. The number of hydrogen-bond donors (Lipinski definition) is 1. The Bertz CT molecular complexity index is 1450. The van der Waals surface area contributed by atoms with Crippen LogP contribution < -0.4 is 24.0 Å². The maximum absolute atomic E-state index is 13.5. The van der Waals surface area contributed by atoms with E-state index in [0.29, 0.717) is 53.8 Å². The van der Waals surface area contributed by atoms with E-state index in [1.165, 1.54) is 12.0 Å². The molecule has 3 aromatic carbocycles. The molecule has 0 radical (unpaired) electrons. The van der Waals surface area contributed by atoms with Crippen LogP contribution in [0.4, 0.5) is 11.4 Å². The summed E-state index contributed by atoms with van der Waals surface area (Å²) >= 11 is 0. The van der Waals surface area contributed by atoms with Gasteiger partial charge in [-0.1, -0.05) is 18.2 Å². The molecule has 2 heterocycles. The molecule has 1 amide bonds. The summed E-state index contributed by atoms with van der Waals surface area (Å²) in [5.74, 6) is -0.0187. The van der Waals surface area contributed by atoms with E-state index >= 15 is 0 Å². The number of aliphatic hydroxyl groups is 1. The van der Waals surface area contributed by atoms with Gasteiger partial charge in [0.2, 0.25) is 0 Å². The highest BCUT2D eigenvalue weighted by Crippen LogP contribution is 2.45. The largest absolute Gasteiger partial charge is 0.507 e. The third-order valence-electron chi connectivity index (χ3n) is 6.86. The van der Waals surface area contributed by atoms with E-state index in [2.05, 4.69) is 0 Å². The Morgan fingerprint density at radius 2 is 1.89 bits per heavy atom. The summed E-state index contributed by atoms with van der Waals surface area (Å²) in [6.07, 6.45) is 0. The first-order chi connectivity index (χ1) is 18.3. The molecule has 8 heteroatoms. The fourth-order valence-corrected chi connectivity index (χ4v) is 4.97. The Morgan fingerprint density at radius 3 is 2.63 bits per heavy atom. The van der Waals surface area contributed by atoms with Crippen LogP contribution in [0.15, 0.2) is 66.2 Å². The summed E-state index contributed by atoms with van der Waals surface area (Å²) in [5, 5.41) is 11.6. The number of aryl methyl sites for hydroxylation is 1. The number of amides is 1. The minimum Gasteiger partial charge on any atom is -0.507 e. The predicted octanol–water partition coefficient (Wildman–Crippen LogP) is 4.86. The minimum absolute atomic E-state index is 0.00190. The number of Topliss-reactive ketones (excluding diaryl/α,β-unsaturated/α-hetero) is 1. The lowest BCUT2D eigenvalue weighted by molar-refractivity contribution is -0.132. The molecular weight excluding hydrogens is 484 g/mol. The number of benzene rings is 3. The monoisotopic (exact) mass is 514 g/mol. The van der Waals surface area contributed by atoms with Crippen molar-refractivity contribution >= 4 is 28.8 Å². The Kier molecular flexibility index (Phi) is 6.72. The van der Waals surface area contributed by atoms with Crippen molar-refractivity contribution in [2.45, 2.75) is 19.9 Å². The van der Waals surface area contributed by atoms with E-state index in [1.807, 2.05) is 44.0 Å². The Morgan fingerprint density at radius 1 is 1.08 bits per heavy atom. The van der Waals surface area contributed by atoms with E-state index in [-0.39, 0.29) is 11.3 Å². The highest BCUT2D eigenvalue weighted by Gasteiger charge is 2.47. The summed E-state index contributed by atoms with van der Waals surface area (Å²) in [6.45, 7) is 5.51. The van der Waals surface area contributed by atoms with Gasteiger partial charge in [0.1, 0.15) is 18.1 Å². The highest BCUT2D eigenvalue weighted by atomic mass is 16.5. The van der Waals surface area contributed by atoms with Gasteiger partial charge in [0.05, 0.1) is 37.6 Å². The summed E-state index contributed by atoms with van der Waals surface area (Å²) in [7, 11) is 3.47. The van der Waals surface area contributed by atoms with Crippen LogP contribution in [0.2, 0.25) is 0 Å². The van der Waals surface area contributed by atoms with Gasteiger partial charge >= 0.3 is 0 Å². The molecule has 1 atom stereocenters. The third kappa shape index (κ3) is 4.32. The molecule has 0 saturated carbocycles. The van der Waals surface area contributed by atoms with Gasteiger partial charge in [0, 0.05) is 18.3 Å². The quantitative estimate of drug-likeness (QED) is 0.286. The molecule has 2 aliphatic heterocycles. The second kappa shape index (κ2) is 10.1. The molecule has 2 aliphatic rings. The molecule has 0 spiro atoms. The molecule has 1 unspecified atom stereocenters. The first-order valence-corrected chi connectivity index (χ1v) is 12.5. The number of rotatable bonds is 6. The van der Waals surface area contributed by atoms with Gasteiger partial charge < -0.3 is 24.2 Å². The molecular formula is C30H30N2O6. The fourth-order valence-electron chi connectivity index (χ4n) is 4.97. The number of ether oxygens (including phenoxy) is 3. The summed E-state index contributed by atoms with van der Waals surface area (Å²) < 4.78 is 17.0. The van der Waals surface area contributed by atoms with Crippen molar-refractivity contribution in [3.05, 3.63) is 82.9 Å². The van der Waals surface area contributed by atoms with Crippen LogP contribution in [0.1, 0.15) is 29.7 Å². The van der Waals surface area contributed by atoms with Gasteiger partial charge in [-0.25, -0.2) is 0 Å². The summed E-state index contributed by atoms with van der Waals surface area (Å²) in [5.41, 5.74) is 3.32. The van der Waals surface area contributed by atoms with Crippen molar-refractivity contribution in [2.24, 2.45) is 0 Å². The molecule has 8 nitrogen and oxygen atoms in total. The smallest absolute Gasteiger partial charge is 0.300 e. The minimum atomic E-state index is -0.883. The fraction of sp³-hybridized carbons (Fsp3) is 0.267. The number of hydrogen-bond acceptors (Lipinski definition) is 7. The molecule has 1 fully saturated rings. The van der Waals surface area contributed by atoms with Gasteiger partial charge in [0.15, 0.2) is 11.5 Å². The molecule has 0 bridgehead atoms. The van der Waals surface area contributed by atoms with E-state index in [1.54, 1.807) is 42.5 Å². The van der Waals surface area contributed by atoms with Crippen LogP contribution in [0.5, 0.6) is 17.2 Å². The molecule has 1 N–H and O–H groups in total. The maximum Gasteiger partial charge on any atom is 0.300 e. The Hall–Kier alpha value is -4.46. The number of ketones is 1. The predicted molar refractivity (Wildman–Crippen MR) is 145 cm³/mol. The van der Waals surface area contributed by atoms with Gasteiger partial charge in [-0.2, -0.15) is 0 Å². The van der Waals surface area contributed by atoms with Crippen molar-refractivity contribution in [3.63, 3.8) is 0 Å². The second-order valence-corrected chi connectivity index (χ2v) is 9.30. The first-order valence-electron chi connectivity index (χ1n) is 12.5. The zero-order chi connectivity index (χ0) is 27.0. The molecule has 5 rings (SSSR count). The van der Waals surface area contributed by atoms with Crippen molar-refractivity contribution < 1.29 is 28.9 Å². The summed E-state index contributed by atoms with van der Waals surface area (Å²) in [6, 6.07) is 17.0. The number of carbonyl (C=O) groups excluding carboxylic acids is 2. The maximum atomic E-state index is 13.5. The second-order valence-electron chi connectivity index (χ2n) is 9.30. The Balaban J connectivity index is 1.71. The molecule has 38 heavy (non-hydrogen) atoms. The zero-order valence-corrected chi connectivity index (χ0v) is 21.9. The normalized spacial score (nSPS) is 18.3. The van der Waals surface area contributed by atoms with Gasteiger partial charge in [0.25, 0.3) is 11.7 Å². The van der Waals surface area contributed by atoms with Crippen molar-refractivity contribution in [2.75, 3.05) is 43.7 Å². The average Bonchev–Trinajstić information content (AvgIpc) is 3.19. The topological polar surface area (TPSA) is 88.5 Å². The highest BCUT2D eigenvalue weighted by molar-refractivity contribution is 6.51. The van der Waals surface area contributed by atoms with Gasteiger partial charge in [-0.15, -0.1) is 0 Å². The van der Waals surface area contributed by atoms with Crippen LogP contribution in [0, 0.1) is 6.92 Å². The SMILES string of the molecule is CCOc1ccc(C2/C(=C(\O)c3ccc4c(c3)N(C)CCO4)C(=O)C(=O)N2c2cccc(C)c2)cc1OC. The molecule has 0 aliphatic carbocycles. The number of likely N-dealkylation sites (N-methyl/N-ethyl adjacent to an activating group) is 1. The van der Waals surface area contributed by atoms with Gasteiger partial charge in [-0.3, -0.25) is 14.5 Å². The lowest BCUT2D eigenvalue weighted by Gasteiger charge is -2.28. The number of carbonyl (C=O) groups is 2. The third-order valence-corrected chi connectivity index (χ3v) is 6.86. The van der Waals surface area contributed by atoms with Crippen LogP contribution in [0.3, 0.4) is 0 Å². The van der Waals surface area contributed by atoms with Gasteiger partial charge in [-0.05, 0) is 67.4 Å². The standard InChI is InChI=1S/C30H30N2O6/c1-5-37-24-12-9-19(17-25(24)36-4)27-26(29(34)30(35)32(27)21-8-6-7-18(2)15-21)28(33)20-10-11-23-22(16-20)31(3)13-14-38-23/h6-12,15-17,27,33H,5,13-14H2,1-4H3/b28-26+. The van der Waals surface area contributed by atoms with E-state index in [9.17, 15) is 14.7 Å². The molecule has 196 valence electrons. The number of fused-ring (bicyclic) bond motifs is 1. The van der Waals surface area contributed by atoms with Crippen LogP contribution in [-0.2, 0) is 9.59 Å². The van der Waals surface area contributed by atoms with Crippen LogP contribution >= 0.6 is 0 Å². The first kappa shape index (κ1) is 25.2. The number of methoxy groups -OCH3 is 1. The van der Waals surface area contributed by atoms with Crippen LogP contribution in [-0.4, -0.2) is 50.7 Å². The van der Waals surface area contributed by atoms with E-state index < -0.39 is 17.7 Å². The molecule has 3 aromatic rings. The molecule has 1 saturated heterocycles. The van der Waals surface area contributed by atoms with Crippen LogP contribution in [0.25, 0.3) is 5.76 Å². The zero-order valence-electron chi connectivity index (χ0n) is 21.9. The van der Waals surface area contributed by atoms with E-state index in [4.69, 9.17) is 14.2 Å². The molecule has 0 aromatic heterocycles. The number of nitrogens with zero attached hydrogens (tertiary/aromatic N) is 2. The van der Waals surface area contributed by atoms with Crippen molar-refractivity contribution in [1.29, 1.82) is 0 Å². The number of aliphatic hydroxyl groups excluding tert-OH is 1. The van der Waals surface area contributed by atoms with Crippen molar-refractivity contribution in [1.82, 2.24) is 0 Å². The summed E-state index contributed by atoms with van der Waals surface area (Å²) in [4.78, 5) is 30.5.